The second-order valence-corrected chi connectivity index (χ2v) is 7.16. The van der Waals surface area contributed by atoms with Crippen LogP contribution in [0, 0.1) is 0 Å². The molecule has 2 heterocycles. The third-order valence-corrected chi connectivity index (χ3v) is 5.07. The van der Waals surface area contributed by atoms with Crippen molar-refractivity contribution in [3.05, 3.63) is 28.2 Å². The summed E-state index contributed by atoms with van der Waals surface area (Å²) >= 11 is 2.94. The van der Waals surface area contributed by atoms with Gasteiger partial charge in [-0.2, -0.15) is 0 Å². The van der Waals surface area contributed by atoms with E-state index in [0.29, 0.717) is 18.1 Å². The van der Waals surface area contributed by atoms with Crippen LogP contribution in [-0.4, -0.2) is 38.5 Å². The first-order valence-corrected chi connectivity index (χ1v) is 8.93. The van der Waals surface area contributed by atoms with Gasteiger partial charge in [0.2, 0.25) is 5.91 Å². The number of hydrogen-bond donors (Lipinski definition) is 2. The van der Waals surface area contributed by atoms with Gasteiger partial charge in [-0.3, -0.25) is 10.1 Å². The van der Waals surface area contributed by atoms with Crippen LogP contribution < -0.4 is 10.6 Å². The van der Waals surface area contributed by atoms with Crippen molar-refractivity contribution >= 4 is 35.0 Å². The Morgan fingerprint density at radius 3 is 2.87 bits per heavy atom. The van der Waals surface area contributed by atoms with Crippen LogP contribution in [-0.2, 0) is 18.3 Å². The fourth-order valence-corrected chi connectivity index (χ4v) is 3.34. The smallest absolute Gasteiger partial charge is 0.321 e. The summed E-state index contributed by atoms with van der Waals surface area (Å²) in [5.74, 6) is 0.482. The maximum absolute atomic E-state index is 12.0. The SMILES string of the molecule is CCNC(=O)NC(=O)C(C)Sc1nnc(Cc2cccs2)n1C. The zero-order chi connectivity index (χ0) is 16.8. The Morgan fingerprint density at radius 1 is 1.43 bits per heavy atom. The number of urea groups is 1. The molecule has 2 aromatic heterocycles. The summed E-state index contributed by atoms with van der Waals surface area (Å²) < 4.78 is 1.88. The van der Waals surface area contributed by atoms with Crippen molar-refractivity contribution in [2.75, 3.05) is 6.54 Å². The number of nitrogens with zero attached hydrogens (tertiary/aromatic N) is 3. The van der Waals surface area contributed by atoms with Crippen molar-refractivity contribution in [2.45, 2.75) is 30.7 Å². The summed E-state index contributed by atoms with van der Waals surface area (Å²) in [4.78, 5) is 24.5. The average molecular weight is 353 g/mol. The summed E-state index contributed by atoms with van der Waals surface area (Å²) in [7, 11) is 1.87. The first-order chi connectivity index (χ1) is 11.0. The van der Waals surface area contributed by atoms with Crippen molar-refractivity contribution in [1.29, 1.82) is 0 Å². The normalized spacial score (nSPS) is 12.0. The van der Waals surface area contributed by atoms with Gasteiger partial charge in [-0.05, 0) is 25.3 Å². The van der Waals surface area contributed by atoms with E-state index >= 15 is 0 Å². The number of thioether (sulfide) groups is 1. The molecule has 0 bridgehead atoms. The lowest BCUT2D eigenvalue weighted by Gasteiger charge is -2.11. The summed E-state index contributed by atoms with van der Waals surface area (Å²) in [5, 5.41) is 15.4. The third-order valence-electron chi connectivity index (χ3n) is 3.06. The van der Waals surface area contributed by atoms with Gasteiger partial charge in [0.15, 0.2) is 5.16 Å². The van der Waals surface area contributed by atoms with Gasteiger partial charge >= 0.3 is 6.03 Å². The second kappa shape index (κ2) is 8.11. The van der Waals surface area contributed by atoms with Crippen LogP contribution in [0.2, 0.25) is 0 Å². The van der Waals surface area contributed by atoms with E-state index in [0.717, 1.165) is 5.82 Å². The highest BCUT2D eigenvalue weighted by Gasteiger charge is 2.20. The highest BCUT2D eigenvalue weighted by Crippen LogP contribution is 2.23. The molecule has 0 saturated heterocycles. The Labute approximate surface area is 142 Å². The van der Waals surface area contributed by atoms with Gasteiger partial charge in [-0.1, -0.05) is 17.8 Å². The van der Waals surface area contributed by atoms with Gasteiger partial charge in [0, 0.05) is 24.9 Å². The van der Waals surface area contributed by atoms with Crippen LogP contribution in [0.5, 0.6) is 0 Å². The topological polar surface area (TPSA) is 88.9 Å². The molecular weight excluding hydrogens is 334 g/mol. The van der Waals surface area contributed by atoms with E-state index in [4.69, 9.17) is 0 Å². The van der Waals surface area contributed by atoms with Crippen LogP contribution >= 0.6 is 23.1 Å². The van der Waals surface area contributed by atoms with E-state index in [9.17, 15) is 9.59 Å². The molecular formula is C14H19N5O2S2. The molecule has 0 fully saturated rings. The van der Waals surface area contributed by atoms with Gasteiger partial charge in [-0.15, -0.1) is 21.5 Å². The lowest BCUT2D eigenvalue weighted by molar-refractivity contribution is -0.119. The van der Waals surface area contributed by atoms with Crippen molar-refractivity contribution in [3.63, 3.8) is 0 Å². The van der Waals surface area contributed by atoms with Crippen molar-refractivity contribution in [3.8, 4) is 0 Å². The summed E-state index contributed by atoms with van der Waals surface area (Å²) in [5.41, 5.74) is 0. The molecule has 3 amide bonds. The molecule has 2 N–H and O–H groups in total. The van der Waals surface area contributed by atoms with Gasteiger partial charge in [0.1, 0.15) is 5.82 Å². The predicted molar refractivity (Wildman–Crippen MR) is 90.7 cm³/mol. The number of amides is 3. The minimum Gasteiger partial charge on any atom is -0.338 e. The third kappa shape index (κ3) is 4.80. The van der Waals surface area contributed by atoms with E-state index in [2.05, 4.69) is 26.9 Å². The molecule has 0 radical (unpaired) electrons. The van der Waals surface area contributed by atoms with Gasteiger partial charge in [-0.25, -0.2) is 4.79 Å². The number of carbonyl (C=O) groups is 2. The van der Waals surface area contributed by atoms with Crippen LogP contribution in [0.1, 0.15) is 24.5 Å². The standard InChI is InChI=1S/C14H19N5O2S2/c1-4-15-13(21)16-12(20)9(2)23-14-18-17-11(19(14)3)8-10-6-5-7-22-10/h5-7,9H,4,8H2,1-3H3,(H2,15,16,20,21). The molecule has 0 aliphatic carbocycles. The summed E-state index contributed by atoms with van der Waals surface area (Å²) in [6.07, 6.45) is 0.710. The van der Waals surface area contributed by atoms with E-state index < -0.39 is 11.3 Å². The van der Waals surface area contributed by atoms with Crippen LogP contribution in [0.4, 0.5) is 4.79 Å². The van der Waals surface area contributed by atoms with Crippen molar-refractivity contribution < 1.29 is 9.59 Å². The number of carbonyl (C=O) groups excluding carboxylic acids is 2. The van der Waals surface area contributed by atoms with E-state index in [-0.39, 0.29) is 5.91 Å². The number of thiophene rings is 1. The Bertz CT molecular complexity index is 669. The fourth-order valence-electron chi connectivity index (χ4n) is 1.80. The molecule has 0 aromatic carbocycles. The number of imide groups is 1. The van der Waals surface area contributed by atoms with Crippen LogP contribution in [0.25, 0.3) is 0 Å². The highest BCUT2D eigenvalue weighted by molar-refractivity contribution is 8.00. The summed E-state index contributed by atoms with van der Waals surface area (Å²) in [6.45, 7) is 3.99. The van der Waals surface area contributed by atoms with Crippen molar-refractivity contribution in [2.24, 2.45) is 7.05 Å². The van der Waals surface area contributed by atoms with Gasteiger partial charge in [0.05, 0.1) is 5.25 Å². The molecule has 1 unspecified atom stereocenters. The van der Waals surface area contributed by atoms with E-state index in [1.165, 1.54) is 16.6 Å². The molecule has 124 valence electrons. The average Bonchev–Trinajstić information content (AvgIpc) is 3.12. The number of aromatic nitrogens is 3. The lowest BCUT2D eigenvalue weighted by atomic mass is 10.3. The number of hydrogen-bond acceptors (Lipinski definition) is 6. The number of nitrogens with one attached hydrogen (secondary N) is 2. The molecule has 0 spiro atoms. The molecule has 0 aliphatic rings. The fraction of sp³-hybridized carbons (Fsp3) is 0.429. The molecule has 2 aromatic rings. The van der Waals surface area contributed by atoms with Crippen molar-refractivity contribution in [1.82, 2.24) is 25.4 Å². The largest absolute Gasteiger partial charge is 0.338 e. The lowest BCUT2D eigenvalue weighted by Crippen LogP contribution is -2.42. The molecule has 9 heteroatoms. The quantitative estimate of drug-likeness (QED) is 0.773. The zero-order valence-corrected chi connectivity index (χ0v) is 14.8. The monoisotopic (exact) mass is 353 g/mol. The number of rotatable bonds is 6. The minimum absolute atomic E-state index is 0.358. The Balaban J connectivity index is 1.96. The maximum Gasteiger partial charge on any atom is 0.321 e. The Morgan fingerprint density at radius 2 is 2.22 bits per heavy atom. The maximum atomic E-state index is 12.0. The molecule has 23 heavy (non-hydrogen) atoms. The second-order valence-electron chi connectivity index (χ2n) is 4.82. The Hall–Kier alpha value is -1.87. The summed E-state index contributed by atoms with van der Waals surface area (Å²) in [6, 6.07) is 3.57. The predicted octanol–water partition coefficient (Wildman–Crippen LogP) is 1.79. The van der Waals surface area contributed by atoms with E-state index in [1.54, 1.807) is 25.2 Å². The molecule has 7 nitrogen and oxygen atoms in total. The highest BCUT2D eigenvalue weighted by atomic mass is 32.2. The molecule has 0 aliphatic heterocycles. The first kappa shape index (κ1) is 17.5. The van der Waals surface area contributed by atoms with Crippen LogP contribution in [0.15, 0.2) is 22.7 Å². The minimum atomic E-state index is -0.485. The van der Waals surface area contributed by atoms with Crippen LogP contribution in [0.3, 0.4) is 0 Å². The van der Waals surface area contributed by atoms with Gasteiger partial charge in [0.25, 0.3) is 0 Å². The molecule has 1 atom stereocenters. The van der Waals surface area contributed by atoms with Gasteiger partial charge < -0.3 is 9.88 Å². The zero-order valence-electron chi connectivity index (χ0n) is 13.2. The van der Waals surface area contributed by atoms with E-state index in [1.807, 2.05) is 23.1 Å². The molecule has 2 rings (SSSR count). The Kier molecular flexibility index (Phi) is 6.17. The first-order valence-electron chi connectivity index (χ1n) is 7.17. The molecule has 0 saturated carbocycles.